The van der Waals surface area contributed by atoms with E-state index >= 15 is 0 Å². The Morgan fingerprint density at radius 2 is 1.89 bits per heavy atom. The summed E-state index contributed by atoms with van der Waals surface area (Å²) in [6.07, 6.45) is 5.63. The van der Waals surface area contributed by atoms with Gasteiger partial charge in [-0.3, -0.25) is 0 Å². The highest BCUT2D eigenvalue weighted by molar-refractivity contribution is 5.93. The summed E-state index contributed by atoms with van der Waals surface area (Å²) in [4.78, 5) is 7.38. The van der Waals surface area contributed by atoms with Gasteiger partial charge in [0.05, 0.1) is 5.52 Å². The van der Waals surface area contributed by atoms with E-state index in [2.05, 4.69) is 66.6 Å². The van der Waals surface area contributed by atoms with Crippen molar-refractivity contribution in [3.8, 4) is 0 Å². The predicted octanol–water partition coefficient (Wildman–Crippen LogP) is 5.87. The molecule has 0 aliphatic carbocycles. The Hall–Kier alpha value is -2.00. The molecule has 1 aromatic carbocycles. The third-order valence-corrected chi connectivity index (χ3v) is 5.97. The first-order valence-corrected chi connectivity index (χ1v) is 9.95. The maximum absolute atomic E-state index is 4.86. The van der Waals surface area contributed by atoms with Crippen LogP contribution in [0.15, 0.2) is 42.6 Å². The van der Waals surface area contributed by atoms with Crippen LogP contribution in [0.1, 0.15) is 48.9 Å². The van der Waals surface area contributed by atoms with Crippen molar-refractivity contribution in [2.75, 3.05) is 18.0 Å². The van der Waals surface area contributed by atoms with E-state index < -0.39 is 0 Å². The standard InChI is InChI=1S/C23H29N3.ClH/c1-4-14-26-18(3)17(2)21-12-13-24-23(22(21)26)25-15-8-11-20(16-25)19-9-6-5-7-10-19;/h5-7,9-10,12-13,20H,4,8,11,14-16H2,1-3H3;1H. The molecule has 0 radical (unpaired) electrons. The van der Waals surface area contributed by atoms with Crippen molar-refractivity contribution in [2.45, 2.75) is 52.5 Å². The number of hydrogen-bond donors (Lipinski definition) is 0. The molecule has 4 rings (SSSR count). The summed E-state index contributed by atoms with van der Waals surface area (Å²) in [6.45, 7) is 9.97. The predicted molar refractivity (Wildman–Crippen MR) is 117 cm³/mol. The lowest BCUT2D eigenvalue weighted by molar-refractivity contribution is 0.507. The van der Waals surface area contributed by atoms with Gasteiger partial charge in [0.2, 0.25) is 0 Å². The SMILES string of the molecule is CCCn1c(C)c(C)c2ccnc(N3CCCC(c4ccccc4)C3)c21.Cl. The average Bonchev–Trinajstić information content (AvgIpc) is 2.94. The topological polar surface area (TPSA) is 21.1 Å². The number of hydrogen-bond acceptors (Lipinski definition) is 2. The molecule has 4 heteroatoms. The molecule has 1 unspecified atom stereocenters. The first-order valence-electron chi connectivity index (χ1n) is 9.95. The number of benzene rings is 1. The van der Waals surface area contributed by atoms with Crippen LogP contribution in [0.5, 0.6) is 0 Å². The van der Waals surface area contributed by atoms with Crippen molar-refractivity contribution in [1.82, 2.24) is 9.55 Å². The van der Waals surface area contributed by atoms with Crippen LogP contribution >= 0.6 is 12.4 Å². The summed E-state index contributed by atoms with van der Waals surface area (Å²) in [6, 6.07) is 13.2. The first-order chi connectivity index (χ1) is 12.7. The molecule has 1 aliphatic rings. The Balaban J connectivity index is 0.00000210. The zero-order valence-corrected chi connectivity index (χ0v) is 17.4. The quantitative estimate of drug-likeness (QED) is 0.561. The molecule has 1 aliphatic heterocycles. The molecule has 0 N–H and O–H groups in total. The molecule has 0 bridgehead atoms. The van der Waals surface area contributed by atoms with E-state index in [1.807, 2.05) is 6.20 Å². The van der Waals surface area contributed by atoms with Crippen molar-refractivity contribution in [2.24, 2.45) is 0 Å². The molecular formula is C23H30ClN3. The van der Waals surface area contributed by atoms with Gasteiger partial charge in [-0.15, -0.1) is 12.4 Å². The third kappa shape index (κ3) is 3.58. The van der Waals surface area contributed by atoms with Crippen LogP contribution in [-0.2, 0) is 6.54 Å². The maximum atomic E-state index is 4.86. The van der Waals surface area contributed by atoms with Crippen LogP contribution in [0.25, 0.3) is 10.9 Å². The molecule has 3 nitrogen and oxygen atoms in total. The van der Waals surface area contributed by atoms with Gasteiger partial charge in [0, 0.05) is 42.8 Å². The van der Waals surface area contributed by atoms with Gasteiger partial charge in [-0.1, -0.05) is 37.3 Å². The number of anilines is 1. The van der Waals surface area contributed by atoms with Crippen molar-refractivity contribution in [1.29, 1.82) is 0 Å². The number of piperidine rings is 1. The van der Waals surface area contributed by atoms with Crippen LogP contribution in [0.2, 0.25) is 0 Å². The Morgan fingerprint density at radius 1 is 1.11 bits per heavy atom. The number of pyridine rings is 1. The molecule has 27 heavy (non-hydrogen) atoms. The summed E-state index contributed by atoms with van der Waals surface area (Å²) < 4.78 is 2.49. The van der Waals surface area contributed by atoms with E-state index in [-0.39, 0.29) is 12.4 Å². The minimum atomic E-state index is 0. The van der Waals surface area contributed by atoms with Gasteiger partial charge in [-0.05, 0) is 50.3 Å². The van der Waals surface area contributed by atoms with E-state index in [1.54, 1.807) is 0 Å². The molecule has 2 aromatic heterocycles. The first kappa shape index (κ1) is 19.8. The second-order valence-corrected chi connectivity index (χ2v) is 7.59. The second kappa shape index (κ2) is 8.35. The normalized spacial score (nSPS) is 17.1. The maximum Gasteiger partial charge on any atom is 0.153 e. The molecule has 0 amide bonds. The fraction of sp³-hybridized carbons (Fsp3) is 0.435. The van der Waals surface area contributed by atoms with E-state index in [1.165, 1.54) is 46.4 Å². The Kier molecular flexibility index (Phi) is 6.11. The van der Waals surface area contributed by atoms with Gasteiger partial charge < -0.3 is 9.47 Å². The highest BCUT2D eigenvalue weighted by Gasteiger charge is 2.25. The molecule has 1 fully saturated rings. The molecule has 0 spiro atoms. The summed E-state index contributed by atoms with van der Waals surface area (Å²) in [5.41, 5.74) is 5.57. The average molecular weight is 384 g/mol. The van der Waals surface area contributed by atoms with E-state index in [0.717, 1.165) is 26.1 Å². The van der Waals surface area contributed by atoms with E-state index in [4.69, 9.17) is 4.98 Å². The molecule has 1 atom stereocenters. The monoisotopic (exact) mass is 383 g/mol. The lowest BCUT2D eigenvalue weighted by Gasteiger charge is -2.34. The summed E-state index contributed by atoms with van der Waals surface area (Å²) in [5, 5.41) is 1.36. The molecular weight excluding hydrogens is 354 g/mol. The van der Waals surface area contributed by atoms with Crippen LogP contribution in [0.4, 0.5) is 5.82 Å². The molecule has 3 heterocycles. The number of halogens is 1. The highest BCUT2D eigenvalue weighted by atomic mass is 35.5. The molecule has 1 saturated heterocycles. The smallest absolute Gasteiger partial charge is 0.153 e. The van der Waals surface area contributed by atoms with Gasteiger partial charge in [-0.25, -0.2) is 4.98 Å². The fourth-order valence-corrected chi connectivity index (χ4v) is 4.48. The summed E-state index contributed by atoms with van der Waals surface area (Å²) >= 11 is 0. The lowest BCUT2D eigenvalue weighted by Crippen LogP contribution is -2.35. The van der Waals surface area contributed by atoms with Crippen LogP contribution in [-0.4, -0.2) is 22.6 Å². The van der Waals surface area contributed by atoms with Gasteiger partial charge in [0.25, 0.3) is 0 Å². The minimum absolute atomic E-state index is 0. The highest BCUT2D eigenvalue weighted by Crippen LogP contribution is 2.35. The van der Waals surface area contributed by atoms with Crippen molar-refractivity contribution in [3.05, 3.63) is 59.4 Å². The lowest BCUT2D eigenvalue weighted by atomic mass is 9.90. The largest absolute Gasteiger partial charge is 0.354 e. The number of aryl methyl sites for hydroxylation is 2. The van der Waals surface area contributed by atoms with Crippen molar-refractivity contribution >= 4 is 29.1 Å². The zero-order chi connectivity index (χ0) is 18.1. The number of aromatic nitrogens is 2. The Bertz CT molecular complexity index is 901. The number of rotatable bonds is 4. The molecule has 0 saturated carbocycles. The van der Waals surface area contributed by atoms with E-state index in [9.17, 15) is 0 Å². The zero-order valence-electron chi connectivity index (χ0n) is 16.6. The summed E-state index contributed by atoms with van der Waals surface area (Å²) in [7, 11) is 0. The van der Waals surface area contributed by atoms with Gasteiger partial charge in [0.1, 0.15) is 0 Å². The van der Waals surface area contributed by atoms with Crippen LogP contribution in [0, 0.1) is 13.8 Å². The van der Waals surface area contributed by atoms with Crippen molar-refractivity contribution in [3.63, 3.8) is 0 Å². The molecule has 144 valence electrons. The van der Waals surface area contributed by atoms with Gasteiger partial charge >= 0.3 is 0 Å². The Morgan fingerprint density at radius 3 is 2.63 bits per heavy atom. The van der Waals surface area contributed by atoms with Crippen molar-refractivity contribution < 1.29 is 0 Å². The number of nitrogens with zero attached hydrogens (tertiary/aromatic N) is 3. The van der Waals surface area contributed by atoms with Crippen LogP contribution < -0.4 is 4.90 Å². The van der Waals surface area contributed by atoms with Gasteiger partial charge in [0.15, 0.2) is 5.82 Å². The summed E-state index contributed by atoms with van der Waals surface area (Å²) in [5.74, 6) is 1.77. The number of fused-ring (bicyclic) bond motifs is 1. The second-order valence-electron chi connectivity index (χ2n) is 7.59. The third-order valence-electron chi connectivity index (χ3n) is 5.97. The van der Waals surface area contributed by atoms with E-state index in [0.29, 0.717) is 5.92 Å². The van der Waals surface area contributed by atoms with Crippen LogP contribution in [0.3, 0.4) is 0 Å². The molecule has 3 aromatic rings. The Labute approximate surface area is 168 Å². The van der Waals surface area contributed by atoms with Gasteiger partial charge in [-0.2, -0.15) is 0 Å². The minimum Gasteiger partial charge on any atom is -0.354 e. The fourth-order valence-electron chi connectivity index (χ4n) is 4.48.